The molecule has 1 fully saturated rings. The highest BCUT2D eigenvalue weighted by Gasteiger charge is 2.40. The van der Waals surface area contributed by atoms with Crippen molar-refractivity contribution in [3.8, 4) is 5.75 Å². The van der Waals surface area contributed by atoms with Crippen LogP contribution < -0.4 is 10.1 Å². The van der Waals surface area contributed by atoms with Gasteiger partial charge in [-0.2, -0.15) is 0 Å². The van der Waals surface area contributed by atoms with Crippen LogP contribution in [0.25, 0.3) is 0 Å². The molecule has 0 spiro atoms. The van der Waals surface area contributed by atoms with Crippen LogP contribution in [0.1, 0.15) is 25.0 Å². The average Bonchev–Trinajstić information content (AvgIpc) is 3.00. The third-order valence-corrected chi connectivity index (χ3v) is 3.91. The van der Waals surface area contributed by atoms with Crippen LogP contribution in [0.15, 0.2) is 54.6 Å². The Labute approximate surface area is 140 Å². The molecule has 0 aromatic heterocycles. The third-order valence-electron chi connectivity index (χ3n) is 3.91. The second kappa shape index (κ2) is 7.17. The van der Waals surface area contributed by atoms with Gasteiger partial charge in [0.25, 0.3) is 0 Å². The molecule has 0 unspecified atom stereocenters. The number of nitrogens with one attached hydrogen (secondary N) is 1. The summed E-state index contributed by atoms with van der Waals surface area (Å²) < 4.78 is 10.7. The fourth-order valence-corrected chi connectivity index (χ4v) is 2.77. The van der Waals surface area contributed by atoms with E-state index < -0.39 is 12.0 Å². The summed E-state index contributed by atoms with van der Waals surface area (Å²) in [6.07, 6.45) is -0.455. The van der Waals surface area contributed by atoms with E-state index >= 15 is 0 Å². The lowest BCUT2D eigenvalue weighted by atomic mass is 9.94. The predicted octanol–water partition coefficient (Wildman–Crippen LogP) is 3.33. The van der Waals surface area contributed by atoms with E-state index in [1.165, 1.54) is 0 Å². The van der Waals surface area contributed by atoms with Crippen LogP contribution in [-0.2, 0) is 14.3 Å². The number of hydrogen-bond donors (Lipinski definition) is 1. The molecule has 2 aromatic carbocycles. The monoisotopic (exact) mass is 325 g/mol. The molecule has 1 aliphatic rings. The van der Waals surface area contributed by atoms with Crippen molar-refractivity contribution in [1.82, 2.24) is 0 Å². The van der Waals surface area contributed by atoms with E-state index in [9.17, 15) is 9.59 Å². The Bertz CT molecular complexity index is 712. The smallest absolute Gasteiger partial charge is 0.307 e. The number of carbonyl (C=O) groups is 2. The van der Waals surface area contributed by atoms with Crippen LogP contribution in [0.2, 0.25) is 0 Å². The number of cyclic esters (lactones) is 1. The van der Waals surface area contributed by atoms with Crippen molar-refractivity contribution >= 4 is 17.6 Å². The van der Waals surface area contributed by atoms with E-state index in [-0.39, 0.29) is 18.3 Å². The Kier molecular flexibility index (Phi) is 4.79. The van der Waals surface area contributed by atoms with E-state index in [0.29, 0.717) is 12.3 Å². The number of rotatable bonds is 5. The van der Waals surface area contributed by atoms with Gasteiger partial charge >= 0.3 is 5.97 Å². The zero-order valence-corrected chi connectivity index (χ0v) is 13.4. The normalized spacial score (nSPS) is 19.6. The van der Waals surface area contributed by atoms with Gasteiger partial charge in [-0.3, -0.25) is 9.59 Å². The SMILES string of the molecule is CCOc1ccc(NC(=O)[C@@H]2CC(=O)O[C@H]2c2ccccc2)cc1. The largest absolute Gasteiger partial charge is 0.494 e. The molecule has 24 heavy (non-hydrogen) atoms. The van der Waals surface area contributed by atoms with Crippen molar-refractivity contribution in [3.63, 3.8) is 0 Å². The molecule has 0 bridgehead atoms. The molecule has 1 N–H and O–H groups in total. The summed E-state index contributed by atoms with van der Waals surface area (Å²) in [4.78, 5) is 24.3. The summed E-state index contributed by atoms with van der Waals surface area (Å²) in [5, 5.41) is 2.85. The van der Waals surface area contributed by atoms with E-state index in [4.69, 9.17) is 9.47 Å². The fourth-order valence-electron chi connectivity index (χ4n) is 2.77. The first kappa shape index (κ1) is 16.1. The van der Waals surface area contributed by atoms with Gasteiger partial charge in [0.1, 0.15) is 11.9 Å². The highest BCUT2D eigenvalue weighted by Crippen LogP contribution is 2.36. The second-order valence-corrected chi connectivity index (χ2v) is 5.58. The Morgan fingerprint density at radius 2 is 1.88 bits per heavy atom. The van der Waals surface area contributed by atoms with Crippen LogP contribution in [0.5, 0.6) is 5.75 Å². The van der Waals surface area contributed by atoms with Gasteiger partial charge in [0.2, 0.25) is 5.91 Å². The van der Waals surface area contributed by atoms with Gasteiger partial charge in [0.05, 0.1) is 18.9 Å². The van der Waals surface area contributed by atoms with Crippen LogP contribution in [0, 0.1) is 5.92 Å². The Morgan fingerprint density at radius 1 is 1.17 bits per heavy atom. The summed E-state index contributed by atoms with van der Waals surface area (Å²) >= 11 is 0. The summed E-state index contributed by atoms with van der Waals surface area (Å²) in [6.45, 7) is 2.50. The van der Waals surface area contributed by atoms with Gasteiger partial charge < -0.3 is 14.8 Å². The van der Waals surface area contributed by atoms with Crippen molar-refractivity contribution in [1.29, 1.82) is 0 Å². The van der Waals surface area contributed by atoms with Gasteiger partial charge in [0, 0.05) is 5.69 Å². The van der Waals surface area contributed by atoms with Crippen molar-refractivity contribution < 1.29 is 19.1 Å². The summed E-state index contributed by atoms with van der Waals surface area (Å²) in [7, 11) is 0. The Hall–Kier alpha value is -2.82. The van der Waals surface area contributed by atoms with E-state index in [0.717, 1.165) is 11.3 Å². The van der Waals surface area contributed by atoms with Gasteiger partial charge in [-0.15, -0.1) is 0 Å². The lowest BCUT2D eigenvalue weighted by Crippen LogP contribution is -2.25. The first-order valence-corrected chi connectivity index (χ1v) is 7.95. The number of carbonyl (C=O) groups excluding carboxylic acids is 2. The molecule has 1 heterocycles. The summed E-state index contributed by atoms with van der Waals surface area (Å²) in [6, 6.07) is 16.5. The minimum atomic E-state index is -0.540. The van der Waals surface area contributed by atoms with E-state index in [2.05, 4.69) is 5.32 Å². The van der Waals surface area contributed by atoms with Crippen LogP contribution in [0.4, 0.5) is 5.69 Å². The topological polar surface area (TPSA) is 64.6 Å². The summed E-state index contributed by atoms with van der Waals surface area (Å²) in [5.41, 5.74) is 1.49. The molecular formula is C19H19NO4. The third kappa shape index (κ3) is 3.56. The Balaban J connectivity index is 1.72. The van der Waals surface area contributed by atoms with Crippen LogP contribution in [0.3, 0.4) is 0 Å². The van der Waals surface area contributed by atoms with Gasteiger partial charge in [-0.25, -0.2) is 0 Å². The molecule has 1 saturated heterocycles. The highest BCUT2D eigenvalue weighted by molar-refractivity contribution is 5.96. The highest BCUT2D eigenvalue weighted by atomic mass is 16.6. The van der Waals surface area contributed by atoms with Crippen molar-refractivity contribution in [3.05, 3.63) is 60.2 Å². The van der Waals surface area contributed by atoms with Gasteiger partial charge in [0.15, 0.2) is 0 Å². The molecule has 5 heteroatoms. The molecule has 1 aliphatic heterocycles. The van der Waals surface area contributed by atoms with E-state index in [1.54, 1.807) is 24.3 Å². The molecule has 5 nitrogen and oxygen atoms in total. The van der Waals surface area contributed by atoms with Crippen molar-refractivity contribution in [2.75, 3.05) is 11.9 Å². The molecule has 1 amide bonds. The number of esters is 1. The minimum Gasteiger partial charge on any atom is -0.494 e. The molecule has 2 atom stereocenters. The fraction of sp³-hybridized carbons (Fsp3) is 0.263. The molecule has 124 valence electrons. The van der Waals surface area contributed by atoms with Crippen molar-refractivity contribution in [2.24, 2.45) is 5.92 Å². The zero-order valence-electron chi connectivity index (χ0n) is 13.4. The Morgan fingerprint density at radius 3 is 2.54 bits per heavy atom. The standard InChI is InChI=1S/C19H19NO4/c1-2-23-15-10-8-14(9-11-15)20-19(22)16-12-17(21)24-18(16)13-6-4-3-5-7-13/h3-11,16,18H,2,12H2,1H3,(H,20,22)/t16-,18+/m1/s1. The van der Waals surface area contributed by atoms with Gasteiger partial charge in [-0.05, 0) is 36.8 Å². The first-order chi connectivity index (χ1) is 11.7. The zero-order chi connectivity index (χ0) is 16.9. The summed E-state index contributed by atoms with van der Waals surface area (Å²) in [5.74, 6) is -0.363. The molecule has 2 aromatic rings. The molecule has 0 aliphatic carbocycles. The second-order valence-electron chi connectivity index (χ2n) is 5.58. The number of benzene rings is 2. The molecule has 0 saturated carbocycles. The minimum absolute atomic E-state index is 0.0857. The van der Waals surface area contributed by atoms with Gasteiger partial charge in [-0.1, -0.05) is 30.3 Å². The first-order valence-electron chi connectivity index (χ1n) is 7.95. The maximum absolute atomic E-state index is 12.6. The molecular weight excluding hydrogens is 306 g/mol. The number of ether oxygens (including phenoxy) is 2. The predicted molar refractivity (Wildman–Crippen MR) is 89.6 cm³/mol. The molecule has 3 rings (SSSR count). The maximum atomic E-state index is 12.6. The van der Waals surface area contributed by atoms with Crippen molar-refractivity contribution in [2.45, 2.75) is 19.4 Å². The maximum Gasteiger partial charge on any atom is 0.307 e. The number of anilines is 1. The number of amides is 1. The lowest BCUT2D eigenvalue weighted by molar-refractivity contribution is -0.141. The average molecular weight is 325 g/mol. The van der Waals surface area contributed by atoms with Crippen LogP contribution in [-0.4, -0.2) is 18.5 Å². The molecule has 0 radical (unpaired) electrons. The quantitative estimate of drug-likeness (QED) is 0.857. The lowest BCUT2D eigenvalue weighted by Gasteiger charge is -2.17. The number of hydrogen-bond acceptors (Lipinski definition) is 4. The van der Waals surface area contributed by atoms with Crippen LogP contribution >= 0.6 is 0 Å². The van der Waals surface area contributed by atoms with E-state index in [1.807, 2.05) is 37.3 Å².